The fourth-order valence-corrected chi connectivity index (χ4v) is 4.71. The van der Waals surface area contributed by atoms with Crippen LogP contribution in [0.5, 0.6) is 5.75 Å². The summed E-state index contributed by atoms with van der Waals surface area (Å²) in [5, 5.41) is 10.7. The molecule has 186 valence electrons. The first-order valence-corrected chi connectivity index (χ1v) is 12.7. The maximum Gasteiger partial charge on any atom is 0.267 e. The Morgan fingerprint density at radius 3 is 2.46 bits per heavy atom. The van der Waals surface area contributed by atoms with Gasteiger partial charge in [0.2, 0.25) is 0 Å². The Morgan fingerprint density at radius 2 is 1.76 bits per heavy atom. The Bertz CT molecular complexity index is 1530. The van der Waals surface area contributed by atoms with Crippen LogP contribution < -0.4 is 10.3 Å². The molecule has 0 spiro atoms. The molecule has 3 aromatic carbocycles. The molecule has 1 unspecified atom stereocenters. The number of benzene rings is 3. The van der Waals surface area contributed by atoms with Crippen LogP contribution in [0.4, 0.5) is 0 Å². The van der Waals surface area contributed by atoms with Crippen molar-refractivity contribution in [2.24, 2.45) is 5.10 Å². The highest BCUT2D eigenvalue weighted by atomic mass is 79.9. The fourth-order valence-electron chi connectivity index (χ4n) is 4.31. The molecule has 0 saturated heterocycles. The van der Waals surface area contributed by atoms with Crippen molar-refractivity contribution in [1.29, 1.82) is 0 Å². The molecule has 1 aliphatic rings. The van der Waals surface area contributed by atoms with Crippen LogP contribution in [0, 0.1) is 6.92 Å². The van der Waals surface area contributed by atoms with Gasteiger partial charge in [-0.3, -0.25) is 9.59 Å². The Hall–Kier alpha value is -4.04. The van der Waals surface area contributed by atoms with Gasteiger partial charge < -0.3 is 4.74 Å². The van der Waals surface area contributed by atoms with Crippen molar-refractivity contribution in [3.05, 3.63) is 116 Å². The molecule has 0 saturated carbocycles. The van der Waals surface area contributed by atoms with Crippen molar-refractivity contribution >= 4 is 27.5 Å². The van der Waals surface area contributed by atoms with Crippen molar-refractivity contribution in [3.8, 4) is 17.0 Å². The second-order valence-electron chi connectivity index (χ2n) is 8.87. The highest BCUT2D eigenvalue weighted by Crippen LogP contribution is 2.33. The summed E-state index contributed by atoms with van der Waals surface area (Å²) in [4.78, 5) is 26.2. The van der Waals surface area contributed by atoms with E-state index in [9.17, 15) is 9.59 Å². The van der Waals surface area contributed by atoms with E-state index in [1.54, 1.807) is 13.2 Å². The molecule has 7 nitrogen and oxygen atoms in total. The van der Waals surface area contributed by atoms with Crippen LogP contribution in [-0.2, 0) is 11.3 Å². The van der Waals surface area contributed by atoms with Crippen molar-refractivity contribution < 1.29 is 9.53 Å². The van der Waals surface area contributed by atoms with E-state index in [0.29, 0.717) is 12.1 Å². The first kappa shape index (κ1) is 24.6. The van der Waals surface area contributed by atoms with Gasteiger partial charge in [0.1, 0.15) is 12.3 Å². The van der Waals surface area contributed by atoms with E-state index in [1.807, 2.05) is 79.7 Å². The Balaban J connectivity index is 1.47. The van der Waals surface area contributed by atoms with Crippen LogP contribution in [0.25, 0.3) is 11.3 Å². The summed E-state index contributed by atoms with van der Waals surface area (Å²) in [7, 11) is 1.62. The molecular weight excluding hydrogens is 532 g/mol. The van der Waals surface area contributed by atoms with Gasteiger partial charge in [-0.25, -0.2) is 9.69 Å². The number of hydrogen-bond donors (Lipinski definition) is 0. The van der Waals surface area contributed by atoms with Gasteiger partial charge in [0.25, 0.3) is 11.5 Å². The summed E-state index contributed by atoms with van der Waals surface area (Å²) in [6.07, 6.45) is 0.557. The number of halogens is 1. The molecule has 8 heteroatoms. The molecule has 0 radical (unpaired) electrons. The molecule has 37 heavy (non-hydrogen) atoms. The first-order chi connectivity index (χ1) is 17.9. The Morgan fingerprint density at radius 1 is 1.00 bits per heavy atom. The lowest BCUT2D eigenvalue weighted by Gasteiger charge is -2.22. The molecule has 0 aliphatic carbocycles. The van der Waals surface area contributed by atoms with E-state index in [2.05, 4.69) is 21.0 Å². The first-order valence-electron chi connectivity index (χ1n) is 11.9. The van der Waals surface area contributed by atoms with E-state index in [1.165, 1.54) is 15.8 Å². The lowest BCUT2D eigenvalue weighted by Crippen LogP contribution is -2.34. The lowest BCUT2D eigenvalue weighted by atomic mass is 9.97. The molecule has 0 fully saturated rings. The SMILES string of the molecule is COc1ccc(C2=NN(C(=O)Cn3nc(-c4cccc(Br)c4)ccc3=O)C(c3ccc(C)cc3)C2)cc1. The number of amides is 1. The number of rotatable bonds is 6. The van der Waals surface area contributed by atoms with Gasteiger partial charge in [-0.15, -0.1) is 0 Å². The van der Waals surface area contributed by atoms with Crippen molar-refractivity contribution in [3.63, 3.8) is 0 Å². The van der Waals surface area contributed by atoms with Gasteiger partial charge in [0.05, 0.1) is 24.6 Å². The molecule has 4 aromatic rings. The molecule has 0 N–H and O–H groups in total. The van der Waals surface area contributed by atoms with Crippen LogP contribution in [0.2, 0.25) is 0 Å². The van der Waals surface area contributed by atoms with Crippen LogP contribution in [0.15, 0.2) is 99.3 Å². The second-order valence-corrected chi connectivity index (χ2v) is 9.78. The van der Waals surface area contributed by atoms with Crippen LogP contribution in [-0.4, -0.2) is 33.5 Å². The molecule has 1 aromatic heterocycles. The van der Waals surface area contributed by atoms with Crippen molar-refractivity contribution in [2.45, 2.75) is 25.9 Å². The zero-order valence-electron chi connectivity index (χ0n) is 20.5. The predicted molar refractivity (Wildman–Crippen MR) is 147 cm³/mol. The summed E-state index contributed by atoms with van der Waals surface area (Å²) in [6, 6.07) is 26.2. The van der Waals surface area contributed by atoms with Crippen LogP contribution in [0.1, 0.15) is 29.2 Å². The van der Waals surface area contributed by atoms with Gasteiger partial charge in [-0.2, -0.15) is 10.2 Å². The molecule has 5 rings (SSSR count). The fraction of sp³-hybridized carbons (Fsp3) is 0.172. The maximum absolute atomic E-state index is 13.6. The third kappa shape index (κ3) is 5.39. The minimum Gasteiger partial charge on any atom is -0.497 e. The molecule has 2 heterocycles. The molecule has 0 bridgehead atoms. The van der Waals surface area contributed by atoms with Crippen molar-refractivity contribution in [2.75, 3.05) is 7.11 Å². The van der Waals surface area contributed by atoms with Crippen LogP contribution in [0.3, 0.4) is 0 Å². The van der Waals surface area contributed by atoms with Gasteiger partial charge in [-0.05, 0) is 60.5 Å². The summed E-state index contributed by atoms with van der Waals surface area (Å²) >= 11 is 3.46. The summed E-state index contributed by atoms with van der Waals surface area (Å²) in [5.74, 6) is 0.441. The van der Waals surface area contributed by atoms with E-state index in [0.717, 1.165) is 38.2 Å². The average molecular weight is 557 g/mol. The second kappa shape index (κ2) is 10.5. The zero-order chi connectivity index (χ0) is 25.9. The number of aromatic nitrogens is 2. The highest BCUT2D eigenvalue weighted by Gasteiger charge is 2.33. The van der Waals surface area contributed by atoms with Gasteiger partial charge >= 0.3 is 0 Å². The highest BCUT2D eigenvalue weighted by molar-refractivity contribution is 9.10. The van der Waals surface area contributed by atoms with Crippen LogP contribution >= 0.6 is 15.9 Å². The third-order valence-electron chi connectivity index (χ3n) is 6.32. The monoisotopic (exact) mass is 556 g/mol. The van der Waals surface area contributed by atoms with E-state index >= 15 is 0 Å². The van der Waals surface area contributed by atoms with Gasteiger partial charge in [0, 0.05) is 22.5 Å². The molecule has 1 atom stereocenters. The maximum atomic E-state index is 13.6. The summed E-state index contributed by atoms with van der Waals surface area (Å²) in [5.41, 5.74) is 4.93. The lowest BCUT2D eigenvalue weighted by molar-refractivity contribution is -0.133. The minimum atomic E-state index is -0.350. The van der Waals surface area contributed by atoms with Gasteiger partial charge in [0.15, 0.2) is 0 Å². The number of hydrazone groups is 1. The standard InChI is InChI=1S/C29H25BrN4O3/c1-19-6-8-21(9-7-19)27-17-26(20-10-12-24(37-2)13-11-20)32-34(27)29(36)18-33-28(35)15-14-25(31-33)22-4-3-5-23(30)16-22/h3-16,27H,17-18H2,1-2H3. The molecule has 1 aliphatic heterocycles. The molecule has 1 amide bonds. The number of carbonyl (C=O) groups excluding carboxylic acids is 1. The Kier molecular flexibility index (Phi) is 7.01. The summed E-state index contributed by atoms with van der Waals surface area (Å²) in [6.45, 7) is 1.80. The van der Waals surface area contributed by atoms with E-state index in [4.69, 9.17) is 9.84 Å². The quantitative estimate of drug-likeness (QED) is 0.320. The minimum absolute atomic E-state index is 0.220. The number of hydrogen-bond acceptors (Lipinski definition) is 5. The predicted octanol–water partition coefficient (Wildman–Crippen LogP) is 5.37. The van der Waals surface area contributed by atoms with E-state index in [-0.39, 0.29) is 24.1 Å². The van der Waals surface area contributed by atoms with E-state index < -0.39 is 0 Å². The largest absolute Gasteiger partial charge is 0.497 e. The normalized spacial score (nSPS) is 14.9. The number of nitrogens with zero attached hydrogens (tertiary/aromatic N) is 4. The van der Waals surface area contributed by atoms with Gasteiger partial charge in [-0.1, -0.05) is 57.9 Å². The zero-order valence-corrected chi connectivity index (χ0v) is 22.1. The molecular formula is C29H25BrN4O3. The number of carbonyl (C=O) groups is 1. The topological polar surface area (TPSA) is 76.8 Å². The third-order valence-corrected chi connectivity index (χ3v) is 6.82. The number of methoxy groups -OCH3 is 1. The average Bonchev–Trinajstić information content (AvgIpc) is 3.36. The van der Waals surface area contributed by atoms with Crippen molar-refractivity contribution in [1.82, 2.24) is 14.8 Å². The number of ether oxygens (including phenoxy) is 1. The Labute approximate surface area is 223 Å². The smallest absolute Gasteiger partial charge is 0.267 e. The summed E-state index contributed by atoms with van der Waals surface area (Å²) < 4.78 is 7.37. The number of aryl methyl sites for hydroxylation is 1.